The van der Waals surface area contributed by atoms with Crippen molar-refractivity contribution in [3.63, 3.8) is 0 Å². The van der Waals surface area contributed by atoms with Crippen LogP contribution in [0.2, 0.25) is 0 Å². The molecule has 0 aliphatic carbocycles. The van der Waals surface area contributed by atoms with Gasteiger partial charge in [0.2, 0.25) is 11.8 Å². The monoisotopic (exact) mass is 458 g/mol. The van der Waals surface area contributed by atoms with Gasteiger partial charge in [0.1, 0.15) is 17.2 Å². The van der Waals surface area contributed by atoms with E-state index in [1.54, 1.807) is 6.07 Å². The standard InChI is InChI=1S/C26H23FN4O3/c1-16-4-3-11-30-15-22(28-25(16)30)17-5-10-23(34-2)21(12-17)29-26(33)18-13-24(32)31(14-18)20-8-6-19(27)7-9-20/h3-12,15,18H,13-14H2,1-2H3,(H,29,33). The lowest BCUT2D eigenvalue weighted by Crippen LogP contribution is -2.28. The van der Waals surface area contributed by atoms with Gasteiger partial charge in [-0.3, -0.25) is 9.59 Å². The van der Waals surface area contributed by atoms with Gasteiger partial charge in [-0.15, -0.1) is 0 Å². The molecule has 0 saturated carbocycles. The van der Waals surface area contributed by atoms with Gasteiger partial charge in [0.25, 0.3) is 0 Å². The van der Waals surface area contributed by atoms with Gasteiger partial charge in [-0.1, -0.05) is 6.07 Å². The molecule has 7 nitrogen and oxygen atoms in total. The van der Waals surface area contributed by atoms with Crippen LogP contribution in [0, 0.1) is 18.7 Å². The van der Waals surface area contributed by atoms with Gasteiger partial charge in [-0.2, -0.15) is 0 Å². The Bertz CT molecular complexity index is 1400. The molecule has 1 aliphatic rings. The number of benzene rings is 2. The Hall–Kier alpha value is -4.20. The summed E-state index contributed by atoms with van der Waals surface area (Å²) in [6.07, 6.45) is 3.96. The highest BCUT2D eigenvalue weighted by Crippen LogP contribution is 2.32. The highest BCUT2D eigenvalue weighted by atomic mass is 19.1. The Balaban J connectivity index is 1.38. The fourth-order valence-corrected chi connectivity index (χ4v) is 4.25. The maximum absolute atomic E-state index is 13.2. The maximum Gasteiger partial charge on any atom is 0.229 e. The van der Waals surface area contributed by atoms with Gasteiger partial charge >= 0.3 is 0 Å². The molecule has 5 rings (SSSR count). The topological polar surface area (TPSA) is 75.9 Å². The number of imidazole rings is 1. The van der Waals surface area contributed by atoms with Gasteiger partial charge in [0.05, 0.1) is 24.4 Å². The fraction of sp³-hybridized carbons (Fsp3) is 0.192. The summed E-state index contributed by atoms with van der Waals surface area (Å²) in [6.45, 7) is 2.23. The molecule has 3 heterocycles. The zero-order chi connectivity index (χ0) is 23.8. The first-order valence-corrected chi connectivity index (χ1v) is 10.9. The number of aryl methyl sites for hydroxylation is 1. The second-order valence-corrected chi connectivity index (χ2v) is 8.33. The first-order valence-electron chi connectivity index (χ1n) is 10.9. The quantitative estimate of drug-likeness (QED) is 0.480. The molecule has 0 radical (unpaired) electrons. The Morgan fingerprint density at radius 2 is 1.97 bits per heavy atom. The van der Waals surface area contributed by atoms with Crippen molar-refractivity contribution in [1.29, 1.82) is 0 Å². The van der Waals surface area contributed by atoms with Crippen molar-refractivity contribution in [2.24, 2.45) is 5.92 Å². The minimum absolute atomic E-state index is 0.0803. The van der Waals surface area contributed by atoms with Gasteiger partial charge in [0, 0.05) is 36.6 Å². The third-order valence-corrected chi connectivity index (χ3v) is 6.07. The van der Waals surface area contributed by atoms with Crippen molar-refractivity contribution in [1.82, 2.24) is 9.38 Å². The lowest BCUT2D eigenvalue weighted by atomic mass is 10.1. The van der Waals surface area contributed by atoms with Crippen molar-refractivity contribution in [3.8, 4) is 17.0 Å². The van der Waals surface area contributed by atoms with Crippen LogP contribution in [-0.4, -0.2) is 34.9 Å². The van der Waals surface area contributed by atoms with Crippen LogP contribution in [0.4, 0.5) is 15.8 Å². The van der Waals surface area contributed by atoms with Crippen LogP contribution in [0.15, 0.2) is 67.0 Å². The number of pyridine rings is 1. The number of rotatable bonds is 5. The Morgan fingerprint density at radius 1 is 1.18 bits per heavy atom. The average molecular weight is 458 g/mol. The van der Waals surface area contributed by atoms with Crippen molar-refractivity contribution in [2.45, 2.75) is 13.3 Å². The molecule has 2 aromatic carbocycles. The summed E-state index contributed by atoms with van der Waals surface area (Å²) < 4.78 is 20.6. The number of carbonyl (C=O) groups is 2. The van der Waals surface area contributed by atoms with Crippen LogP contribution in [0.1, 0.15) is 12.0 Å². The number of hydrogen-bond acceptors (Lipinski definition) is 4. The zero-order valence-corrected chi connectivity index (χ0v) is 18.8. The Morgan fingerprint density at radius 3 is 2.71 bits per heavy atom. The maximum atomic E-state index is 13.2. The molecule has 4 aromatic rings. The number of nitrogens with zero attached hydrogens (tertiary/aromatic N) is 3. The summed E-state index contributed by atoms with van der Waals surface area (Å²) in [6, 6.07) is 15.1. The minimum atomic E-state index is -0.538. The highest BCUT2D eigenvalue weighted by Gasteiger charge is 2.35. The smallest absolute Gasteiger partial charge is 0.229 e. The summed E-state index contributed by atoms with van der Waals surface area (Å²) in [4.78, 5) is 31.8. The van der Waals surface area contributed by atoms with E-state index in [1.807, 2.05) is 48.0 Å². The number of hydrogen-bond donors (Lipinski definition) is 1. The van der Waals surface area contributed by atoms with E-state index in [-0.39, 0.29) is 30.6 Å². The third kappa shape index (κ3) is 3.98. The Labute approximate surface area is 195 Å². The number of methoxy groups -OCH3 is 1. The largest absolute Gasteiger partial charge is 0.495 e. The van der Waals surface area contributed by atoms with E-state index in [1.165, 1.54) is 36.3 Å². The average Bonchev–Trinajstić information content (AvgIpc) is 3.44. The van der Waals surface area contributed by atoms with Gasteiger partial charge < -0.3 is 19.4 Å². The summed E-state index contributed by atoms with van der Waals surface area (Å²) in [5.41, 5.74) is 4.60. The van der Waals surface area contributed by atoms with Crippen molar-refractivity contribution in [2.75, 3.05) is 23.9 Å². The summed E-state index contributed by atoms with van der Waals surface area (Å²) in [5, 5.41) is 2.92. The normalized spacial score (nSPS) is 15.7. The van der Waals surface area contributed by atoms with E-state index in [9.17, 15) is 14.0 Å². The molecule has 2 aromatic heterocycles. The number of anilines is 2. The number of fused-ring (bicyclic) bond motifs is 1. The lowest BCUT2D eigenvalue weighted by Gasteiger charge is -2.17. The predicted molar refractivity (Wildman–Crippen MR) is 127 cm³/mol. The van der Waals surface area contributed by atoms with E-state index in [0.717, 1.165) is 22.5 Å². The van der Waals surface area contributed by atoms with Crippen LogP contribution in [0.3, 0.4) is 0 Å². The molecule has 2 amide bonds. The zero-order valence-electron chi connectivity index (χ0n) is 18.8. The van der Waals surface area contributed by atoms with Crippen LogP contribution >= 0.6 is 0 Å². The number of carbonyl (C=O) groups excluding carboxylic acids is 2. The fourth-order valence-electron chi connectivity index (χ4n) is 4.25. The number of nitrogens with one attached hydrogen (secondary N) is 1. The first kappa shape index (κ1) is 21.6. The number of aromatic nitrogens is 2. The molecule has 1 aliphatic heterocycles. The second-order valence-electron chi connectivity index (χ2n) is 8.33. The molecule has 8 heteroatoms. The lowest BCUT2D eigenvalue weighted by molar-refractivity contribution is -0.122. The van der Waals surface area contributed by atoms with Crippen LogP contribution in [-0.2, 0) is 9.59 Å². The van der Waals surface area contributed by atoms with Crippen LogP contribution in [0.25, 0.3) is 16.9 Å². The van der Waals surface area contributed by atoms with Crippen molar-refractivity contribution >= 4 is 28.8 Å². The summed E-state index contributed by atoms with van der Waals surface area (Å²) >= 11 is 0. The molecule has 0 spiro atoms. The Kier molecular flexibility index (Phi) is 5.49. The molecular weight excluding hydrogens is 435 g/mol. The third-order valence-electron chi connectivity index (χ3n) is 6.07. The van der Waals surface area contributed by atoms with Crippen LogP contribution in [0.5, 0.6) is 5.75 Å². The predicted octanol–water partition coefficient (Wildman–Crippen LogP) is 4.45. The second kappa shape index (κ2) is 8.62. The molecule has 1 atom stereocenters. The van der Waals surface area contributed by atoms with Gasteiger partial charge in [-0.05, 0) is 61.0 Å². The van der Waals surface area contributed by atoms with E-state index in [4.69, 9.17) is 9.72 Å². The summed E-state index contributed by atoms with van der Waals surface area (Å²) in [5.74, 6) is -0.857. The highest BCUT2D eigenvalue weighted by molar-refractivity contribution is 6.04. The molecular formula is C26H23FN4O3. The number of ether oxygens (including phenoxy) is 1. The van der Waals surface area contributed by atoms with Crippen molar-refractivity contribution < 1.29 is 18.7 Å². The molecule has 1 saturated heterocycles. The molecule has 1 unspecified atom stereocenters. The minimum Gasteiger partial charge on any atom is -0.495 e. The molecule has 1 N–H and O–H groups in total. The van der Waals surface area contributed by atoms with Gasteiger partial charge in [0.15, 0.2) is 0 Å². The van der Waals surface area contributed by atoms with E-state index in [0.29, 0.717) is 17.1 Å². The number of halogens is 1. The summed E-state index contributed by atoms with van der Waals surface area (Å²) in [7, 11) is 1.54. The number of amides is 2. The van der Waals surface area contributed by atoms with E-state index in [2.05, 4.69) is 5.32 Å². The van der Waals surface area contributed by atoms with E-state index >= 15 is 0 Å². The van der Waals surface area contributed by atoms with Crippen molar-refractivity contribution in [3.05, 3.63) is 78.4 Å². The van der Waals surface area contributed by atoms with E-state index < -0.39 is 5.92 Å². The van der Waals surface area contributed by atoms with Crippen LogP contribution < -0.4 is 15.0 Å². The molecule has 1 fully saturated rings. The van der Waals surface area contributed by atoms with Gasteiger partial charge in [-0.25, -0.2) is 9.37 Å². The molecule has 172 valence electrons. The SMILES string of the molecule is COc1ccc(-c2cn3cccc(C)c3n2)cc1NC(=O)C1CC(=O)N(c2ccc(F)cc2)C1. The first-order chi connectivity index (χ1) is 16.4. The molecule has 34 heavy (non-hydrogen) atoms. The molecule has 0 bridgehead atoms.